The predicted molar refractivity (Wildman–Crippen MR) is 198 cm³/mol. The number of nitrogens with one attached hydrogen (secondary N) is 3. The molecule has 0 unspecified atom stereocenters. The minimum Gasteiger partial charge on any atom is -0.390 e. The number of carbonyl (C=O) groups excluding carboxylic acids is 2. The third-order valence-corrected chi connectivity index (χ3v) is 10.1. The number of fused-ring (bicyclic) bond motifs is 2. The molecule has 3 aromatic heterocycles. The summed E-state index contributed by atoms with van der Waals surface area (Å²) in [4.78, 5) is 49.8. The third-order valence-electron chi connectivity index (χ3n) is 9.86. The first-order valence-corrected chi connectivity index (χ1v) is 17.6. The third kappa shape index (κ3) is 6.63. The molecule has 0 saturated carbocycles. The molecule has 2 aromatic carbocycles. The summed E-state index contributed by atoms with van der Waals surface area (Å²) >= 11 is 6.50. The monoisotopic (exact) mass is 733 g/mol. The number of aromatic nitrogens is 6. The van der Waals surface area contributed by atoms with Crippen LogP contribution in [-0.2, 0) is 25.4 Å². The Morgan fingerprint density at radius 2 is 1.90 bits per heavy atom. The van der Waals surface area contributed by atoms with Gasteiger partial charge in [-0.1, -0.05) is 18.5 Å². The van der Waals surface area contributed by atoms with Crippen molar-refractivity contribution in [2.24, 2.45) is 20.0 Å². The van der Waals surface area contributed by atoms with Crippen molar-refractivity contribution in [3.63, 3.8) is 0 Å². The van der Waals surface area contributed by atoms with Crippen molar-refractivity contribution in [3.05, 3.63) is 57.9 Å². The molecule has 52 heavy (non-hydrogen) atoms. The lowest BCUT2D eigenvalue weighted by atomic mass is 9.93. The van der Waals surface area contributed by atoms with E-state index in [9.17, 15) is 19.5 Å². The molecule has 2 atom stereocenters. The van der Waals surface area contributed by atoms with Crippen molar-refractivity contribution in [2.45, 2.75) is 58.2 Å². The zero-order valence-corrected chi connectivity index (χ0v) is 30.3. The van der Waals surface area contributed by atoms with Crippen LogP contribution >= 0.6 is 11.6 Å². The number of urea groups is 1. The molecule has 0 radical (unpaired) electrons. The van der Waals surface area contributed by atoms with Crippen molar-refractivity contribution < 1.29 is 19.1 Å². The smallest absolute Gasteiger partial charge is 0.329 e. The summed E-state index contributed by atoms with van der Waals surface area (Å²) in [7, 11) is 3.41. The van der Waals surface area contributed by atoms with E-state index in [1.165, 1.54) is 20.2 Å². The number of benzene rings is 2. The van der Waals surface area contributed by atoms with Gasteiger partial charge in [-0.05, 0) is 62.9 Å². The first-order chi connectivity index (χ1) is 24.7. The van der Waals surface area contributed by atoms with E-state index in [1.54, 1.807) is 37.7 Å². The van der Waals surface area contributed by atoms with E-state index >= 15 is 4.39 Å². The molecule has 0 aliphatic carbocycles. The number of piperidine rings is 1. The molecule has 5 aromatic rings. The van der Waals surface area contributed by atoms with E-state index in [4.69, 9.17) is 11.6 Å². The van der Waals surface area contributed by atoms with Gasteiger partial charge in [-0.3, -0.25) is 28.8 Å². The minimum absolute atomic E-state index is 0.102. The Labute approximate surface area is 303 Å². The fraction of sp³-hybridized carbons (Fsp3) is 0.429. The normalized spacial score (nSPS) is 18.4. The van der Waals surface area contributed by atoms with Crippen LogP contribution in [0.4, 0.5) is 38.1 Å². The lowest BCUT2D eigenvalue weighted by Crippen LogP contribution is -2.49. The van der Waals surface area contributed by atoms with Gasteiger partial charge < -0.3 is 20.6 Å². The highest BCUT2D eigenvalue weighted by molar-refractivity contribution is 6.33. The number of imidazole rings is 1. The molecule has 3 amide bonds. The maximum atomic E-state index is 16.1. The Morgan fingerprint density at radius 1 is 1.12 bits per heavy atom. The molecule has 15 nitrogen and oxygen atoms in total. The summed E-state index contributed by atoms with van der Waals surface area (Å²) in [6.45, 7) is 7.16. The summed E-state index contributed by atoms with van der Waals surface area (Å²) in [5.41, 5.74) is 1.03. The number of hydrogen-bond acceptors (Lipinski definition) is 10. The lowest BCUT2D eigenvalue weighted by molar-refractivity contribution is -0.120. The number of aryl methyl sites for hydroxylation is 3. The standard InChI is InChI=1S/C35H41ClFN11O4/c1-19-18-46(13-10-23(19)39-20-6-7-21-26(16-20)45(5)43-31(21)48-14-11-27(49)41-33(48)50)32-38-17-22(36)30(42-32)40-24-8-9-25-29(28(24)37)47(34(51)44(25)4)15-12-35(2,3)52/h6-9,16-17,19,23,39,52H,10-15,18H2,1-5H3,(H,38,40,42)(H,41,49,50)/t19-,23-/m1/s1. The first kappa shape index (κ1) is 35.2. The Hall–Kier alpha value is -5.22. The van der Waals surface area contributed by atoms with Crippen molar-refractivity contribution >= 4 is 74.4 Å². The highest BCUT2D eigenvalue weighted by Crippen LogP contribution is 2.33. The molecule has 2 aliphatic heterocycles. The number of carbonyl (C=O) groups is 2. The number of imide groups is 1. The summed E-state index contributed by atoms with van der Waals surface area (Å²) in [6, 6.07) is 8.80. The second-order valence-electron chi connectivity index (χ2n) is 14.2. The minimum atomic E-state index is -1.03. The van der Waals surface area contributed by atoms with E-state index in [2.05, 4.69) is 42.8 Å². The SMILES string of the molecule is C[C@@H]1CN(c2ncc(Cl)c(Nc3ccc4c(c3F)n(CCC(C)(C)O)c(=O)n4C)n2)CC[C@H]1Nc1ccc2c(N3CCC(=O)NC3=O)nn(C)c2c1. The van der Waals surface area contributed by atoms with E-state index < -0.39 is 17.4 Å². The van der Waals surface area contributed by atoms with E-state index in [1.807, 2.05) is 25.2 Å². The molecule has 2 aliphatic rings. The molecule has 0 spiro atoms. The van der Waals surface area contributed by atoms with Crippen LogP contribution in [0.5, 0.6) is 0 Å². The van der Waals surface area contributed by atoms with Gasteiger partial charge in [-0.15, -0.1) is 0 Å². The van der Waals surface area contributed by atoms with Gasteiger partial charge in [-0.2, -0.15) is 10.1 Å². The molecule has 5 heterocycles. The average molecular weight is 734 g/mol. The highest BCUT2D eigenvalue weighted by atomic mass is 35.5. The highest BCUT2D eigenvalue weighted by Gasteiger charge is 2.30. The Balaban J connectivity index is 1.05. The molecule has 2 fully saturated rings. The number of nitrogens with zero attached hydrogens (tertiary/aromatic N) is 8. The van der Waals surface area contributed by atoms with Crippen molar-refractivity contribution in [3.8, 4) is 0 Å². The summed E-state index contributed by atoms with van der Waals surface area (Å²) in [6.07, 6.45) is 2.76. The Kier molecular flexibility index (Phi) is 9.07. The topological polar surface area (TPSA) is 167 Å². The number of halogens is 2. The van der Waals surface area contributed by atoms with E-state index in [0.717, 1.165) is 23.0 Å². The Morgan fingerprint density at radius 3 is 2.63 bits per heavy atom. The van der Waals surface area contributed by atoms with Gasteiger partial charge in [0.2, 0.25) is 11.9 Å². The van der Waals surface area contributed by atoms with Crippen molar-refractivity contribution in [2.75, 3.05) is 40.1 Å². The fourth-order valence-corrected chi connectivity index (χ4v) is 7.06. The summed E-state index contributed by atoms with van der Waals surface area (Å²) in [5.74, 6) is 0.466. The molecular weight excluding hydrogens is 693 g/mol. The van der Waals surface area contributed by atoms with Crippen LogP contribution in [0.2, 0.25) is 5.02 Å². The largest absolute Gasteiger partial charge is 0.390 e. The lowest BCUT2D eigenvalue weighted by Gasteiger charge is -2.37. The van der Waals surface area contributed by atoms with Crippen LogP contribution in [0, 0.1) is 11.7 Å². The van der Waals surface area contributed by atoms with Crippen LogP contribution in [0.15, 0.2) is 41.3 Å². The van der Waals surface area contributed by atoms with Gasteiger partial charge in [-0.25, -0.2) is 19.0 Å². The first-order valence-electron chi connectivity index (χ1n) is 17.2. The maximum Gasteiger partial charge on any atom is 0.329 e. The second kappa shape index (κ2) is 13.4. The Bertz CT molecular complexity index is 2280. The molecule has 274 valence electrons. The molecular formula is C35H41ClFN11O4. The molecule has 17 heteroatoms. The molecule has 0 bridgehead atoms. The zero-order chi connectivity index (χ0) is 37.1. The number of hydrogen-bond donors (Lipinski definition) is 4. The van der Waals surface area contributed by atoms with Crippen LogP contribution in [0.1, 0.15) is 40.0 Å². The average Bonchev–Trinajstić information content (AvgIpc) is 3.54. The van der Waals surface area contributed by atoms with Gasteiger partial charge in [0.1, 0.15) is 10.5 Å². The van der Waals surface area contributed by atoms with Gasteiger partial charge in [0.25, 0.3) is 0 Å². The molecule has 7 rings (SSSR count). The zero-order valence-electron chi connectivity index (χ0n) is 29.6. The number of aliphatic hydroxyl groups is 1. The maximum absolute atomic E-state index is 16.1. The predicted octanol–water partition coefficient (Wildman–Crippen LogP) is 4.49. The summed E-state index contributed by atoms with van der Waals surface area (Å²) in [5, 5.41) is 24.9. The fourth-order valence-electron chi connectivity index (χ4n) is 6.93. The van der Waals surface area contributed by atoms with Crippen LogP contribution in [-0.4, -0.2) is 77.2 Å². The van der Waals surface area contributed by atoms with Crippen LogP contribution in [0.25, 0.3) is 21.9 Å². The van der Waals surface area contributed by atoms with Gasteiger partial charge >= 0.3 is 11.7 Å². The molecule has 4 N–H and O–H groups in total. The second-order valence-corrected chi connectivity index (χ2v) is 14.6. The number of rotatable bonds is 9. The van der Waals surface area contributed by atoms with Crippen molar-refractivity contribution in [1.82, 2.24) is 34.2 Å². The van der Waals surface area contributed by atoms with Crippen LogP contribution < -0.4 is 31.4 Å². The van der Waals surface area contributed by atoms with Gasteiger partial charge in [0, 0.05) is 63.8 Å². The van der Waals surface area contributed by atoms with Gasteiger partial charge in [0.15, 0.2) is 17.5 Å². The summed E-state index contributed by atoms with van der Waals surface area (Å²) < 4.78 is 20.5. The molecule has 2 saturated heterocycles. The number of anilines is 5. The quantitative estimate of drug-likeness (QED) is 0.170. The van der Waals surface area contributed by atoms with E-state index in [-0.39, 0.29) is 71.5 Å². The van der Waals surface area contributed by atoms with Crippen LogP contribution in [0.3, 0.4) is 0 Å². The van der Waals surface area contributed by atoms with E-state index in [0.29, 0.717) is 30.4 Å². The number of amides is 3. The van der Waals surface area contributed by atoms with Crippen molar-refractivity contribution in [1.29, 1.82) is 0 Å². The van der Waals surface area contributed by atoms with Gasteiger partial charge in [0.05, 0.1) is 28.5 Å².